The topological polar surface area (TPSA) is 92.3 Å². The summed E-state index contributed by atoms with van der Waals surface area (Å²) in [6.45, 7) is 2.10. The summed E-state index contributed by atoms with van der Waals surface area (Å²) in [5.41, 5.74) is 1.68. The molecule has 3 amide bonds. The minimum Gasteiger partial charge on any atom is -0.486 e. The number of fused-ring (bicyclic) bond motifs is 2. The van der Waals surface area contributed by atoms with Crippen molar-refractivity contribution in [1.82, 2.24) is 9.88 Å². The van der Waals surface area contributed by atoms with Crippen LogP contribution in [-0.2, 0) is 9.59 Å². The number of aromatic nitrogens is 1. The Labute approximate surface area is 212 Å². The third-order valence-electron chi connectivity index (χ3n) is 5.71. The Balaban J connectivity index is 0.00000289. The van der Waals surface area contributed by atoms with Crippen LogP contribution in [0.1, 0.15) is 23.2 Å². The number of carbonyl (C=O) groups excluding carboxylic acids is 3. The van der Waals surface area contributed by atoms with Crippen molar-refractivity contribution in [2.45, 2.75) is 12.8 Å². The van der Waals surface area contributed by atoms with Crippen LogP contribution in [0.2, 0.25) is 0 Å². The third-order valence-corrected chi connectivity index (χ3v) is 6.75. The van der Waals surface area contributed by atoms with Crippen LogP contribution in [-0.4, -0.2) is 68.0 Å². The number of rotatable bonds is 6. The first-order chi connectivity index (χ1) is 16.4. The highest BCUT2D eigenvalue weighted by molar-refractivity contribution is 7.22. The molecule has 2 aromatic carbocycles. The first-order valence-corrected chi connectivity index (χ1v) is 11.8. The lowest BCUT2D eigenvalue weighted by atomic mass is 10.1. The van der Waals surface area contributed by atoms with E-state index < -0.39 is 0 Å². The molecule has 11 heteroatoms. The Hall–Kier alpha value is -3.21. The van der Waals surface area contributed by atoms with Crippen LogP contribution >= 0.6 is 23.7 Å². The maximum absolute atomic E-state index is 13.5. The van der Waals surface area contributed by atoms with Gasteiger partial charge >= 0.3 is 0 Å². The van der Waals surface area contributed by atoms with Crippen LogP contribution in [0.25, 0.3) is 10.2 Å². The molecule has 0 spiro atoms. The molecule has 1 saturated heterocycles. The van der Waals surface area contributed by atoms with Gasteiger partial charge in [0.05, 0.1) is 15.9 Å². The predicted molar refractivity (Wildman–Crippen MR) is 136 cm³/mol. The molecule has 184 valence electrons. The van der Waals surface area contributed by atoms with Crippen molar-refractivity contribution >= 4 is 62.5 Å². The average Bonchev–Trinajstić information content (AvgIpc) is 3.39. The molecule has 35 heavy (non-hydrogen) atoms. The number of imide groups is 1. The van der Waals surface area contributed by atoms with Gasteiger partial charge in [0, 0.05) is 43.6 Å². The molecule has 0 aliphatic carbocycles. The van der Waals surface area contributed by atoms with Gasteiger partial charge in [-0.2, -0.15) is 0 Å². The zero-order chi connectivity index (χ0) is 23.8. The van der Waals surface area contributed by atoms with Crippen LogP contribution in [0.3, 0.4) is 0 Å². The molecule has 0 bridgehead atoms. The first kappa shape index (κ1) is 24.9. The van der Waals surface area contributed by atoms with E-state index in [4.69, 9.17) is 14.5 Å². The molecule has 2 aliphatic heterocycles. The van der Waals surface area contributed by atoms with Crippen molar-refractivity contribution in [3.05, 3.63) is 42.0 Å². The smallest absolute Gasteiger partial charge is 0.260 e. The Kier molecular flexibility index (Phi) is 7.25. The Morgan fingerprint density at radius 3 is 2.26 bits per heavy atom. The maximum atomic E-state index is 13.5. The number of nitrogens with zero attached hydrogens (tertiary/aromatic N) is 4. The van der Waals surface area contributed by atoms with Crippen LogP contribution in [0.4, 0.5) is 10.8 Å². The number of anilines is 2. The molecule has 1 fully saturated rings. The highest BCUT2D eigenvalue weighted by atomic mass is 35.5. The fourth-order valence-corrected chi connectivity index (χ4v) is 4.93. The second-order valence-electron chi connectivity index (χ2n) is 8.39. The largest absolute Gasteiger partial charge is 0.486 e. The van der Waals surface area contributed by atoms with Crippen molar-refractivity contribution in [1.29, 1.82) is 0 Å². The fraction of sp³-hybridized carbons (Fsp3) is 0.333. The molecular formula is C24H25ClN4O5S. The Morgan fingerprint density at radius 2 is 1.63 bits per heavy atom. The van der Waals surface area contributed by atoms with E-state index >= 15 is 0 Å². The summed E-state index contributed by atoms with van der Waals surface area (Å²) >= 11 is 1.42. The summed E-state index contributed by atoms with van der Waals surface area (Å²) in [4.78, 5) is 47.1. The van der Waals surface area contributed by atoms with Crippen molar-refractivity contribution in [2.24, 2.45) is 0 Å². The van der Waals surface area contributed by atoms with Crippen molar-refractivity contribution in [3.63, 3.8) is 0 Å². The number of benzene rings is 2. The number of carbonyl (C=O) groups is 3. The van der Waals surface area contributed by atoms with Gasteiger partial charge in [0.25, 0.3) is 5.91 Å². The molecule has 5 rings (SSSR count). The van der Waals surface area contributed by atoms with E-state index in [0.29, 0.717) is 54.2 Å². The van der Waals surface area contributed by atoms with E-state index in [0.717, 1.165) is 10.2 Å². The summed E-state index contributed by atoms with van der Waals surface area (Å²) in [5.74, 6) is 0.692. The van der Waals surface area contributed by atoms with Gasteiger partial charge < -0.3 is 14.4 Å². The summed E-state index contributed by atoms with van der Waals surface area (Å²) in [7, 11) is 3.89. The standard InChI is InChI=1S/C24H24N4O5S.ClH/c1-26(2)9-10-27(24-25-17-13-18-19(14-20(17)34-24)33-12-11-32-18)23(31)15-3-5-16(6-4-15)28-21(29)7-8-22(28)30;/h3-6,13-14H,7-12H2,1-2H3;1H. The maximum Gasteiger partial charge on any atom is 0.260 e. The summed E-state index contributed by atoms with van der Waals surface area (Å²) in [6.07, 6.45) is 0.434. The van der Waals surface area contributed by atoms with Gasteiger partial charge in [-0.15, -0.1) is 12.4 Å². The number of thiazole rings is 1. The van der Waals surface area contributed by atoms with E-state index in [-0.39, 0.29) is 43.0 Å². The van der Waals surface area contributed by atoms with E-state index in [1.165, 1.54) is 16.2 Å². The van der Waals surface area contributed by atoms with Crippen LogP contribution in [0.15, 0.2) is 36.4 Å². The zero-order valence-electron chi connectivity index (χ0n) is 19.4. The SMILES string of the molecule is CN(C)CCN(C(=O)c1ccc(N2C(=O)CCC2=O)cc1)c1nc2cc3c(cc2s1)OCCO3.Cl. The monoisotopic (exact) mass is 516 g/mol. The lowest BCUT2D eigenvalue weighted by molar-refractivity contribution is -0.121. The number of hydrogen-bond acceptors (Lipinski definition) is 8. The lowest BCUT2D eigenvalue weighted by Crippen LogP contribution is -2.36. The molecule has 0 radical (unpaired) electrons. The van der Waals surface area contributed by atoms with Gasteiger partial charge in [-0.1, -0.05) is 11.3 Å². The molecule has 0 N–H and O–H groups in total. The lowest BCUT2D eigenvalue weighted by Gasteiger charge is -2.22. The number of likely N-dealkylation sites (N-methyl/N-ethyl adjacent to an activating group) is 1. The van der Waals surface area contributed by atoms with Gasteiger partial charge in [-0.25, -0.2) is 4.98 Å². The van der Waals surface area contributed by atoms with Gasteiger partial charge in [-0.05, 0) is 38.4 Å². The Morgan fingerprint density at radius 1 is 1.00 bits per heavy atom. The van der Waals surface area contributed by atoms with E-state index in [1.807, 2.05) is 31.1 Å². The second-order valence-corrected chi connectivity index (χ2v) is 9.40. The molecule has 3 heterocycles. The molecule has 9 nitrogen and oxygen atoms in total. The summed E-state index contributed by atoms with van der Waals surface area (Å²) < 4.78 is 12.3. The van der Waals surface area contributed by atoms with Gasteiger partial charge in [0.2, 0.25) is 11.8 Å². The molecule has 0 atom stereocenters. The van der Waals surface area contributed by atoms with E-state index in [9.17, 15) is 14.4 Å². The molecule has 0 saturated carbocycles. The molecule has 0 unspecified atom stereocenters. The highest BCUT2D eigenvalue weighted by Gasteiger charge is 2.30. The van der Waals surface area contributed by atoms with Gasteiger partial charge in [0.15, 0.2) is 16.6 Å². The molecular weight excluding hydrogens is 492 g/mol. The highest BCUT2D eigenvalue weighted by Crippen LogP contribution is 2.39. The minimum absolute atomic E-state index is 0. The second kappa shape index (κ2) is 10.2. The minimum atomic E-state index is -0.221. The average molecular weight is 517 g/mol. The van der Waals surface area contributed by atoms with Gasteiger partial charge in [-0.3, -0.25) is 24.2 Å². The predicted octanol–water partition coefficient (Wildman–Crippen LogP) is 3.35. The van der Waals surface area contributed by atoms with Crippen LogP contribution in [0.5, 0.6) is 11.5 Å². The van der Waals surface area contributed by atoms with E-state index in [2.05, 4.69) is 0 Å². The normalized spacial score (nSPS) is 15.0. The van der Waals surface area contributed by atoms with Crippen LogP contribution < -0.4 is 19.3 Å². The Bertz CT molecular complexity index is 1220. The summed E-state index contributed by atoms with van der Waals surface area (Å²) in [5, 5.41) is 0.582. The molecule has 1 aromatic heterocycles. The zero-order valence-corrected chi connectivity index (χ0v) is 21.0. The quantitative estimate of drug-likeness (QED) is 0.464. The number of ether oxygens (including phenoxy) is 2. The summed E-state index contributed by atoms with van der Waals surface area (Å²) in [6, 6.07) is 10.3. The number of amides is 3. The molecule has 2 aliphatic rings. The fourth-order valence-electron chi connectivity index (χ4n) is 3.93. The third kappa shape index (κ3) is 4.95. The first-order valence-electron chi connectivity index (χ1n) is 11.0. The molecule has 3 aromatic rings. The van der Waals surface area contributed by atoms with Crippen molar-refractivity contribution < 1.29 is 23.9 Å². The van der Waals surface area contributed by atoms with Crippen LogP contribution in [0, 0.1) is 0 Å². The van der Waals surface area contributed by atoms with Crippen molar-refractivity contribution in [2.75, 3.05) is 50.2 Å². The van der Waals surface area contributed by atoms with Crippen molar-refractivity contribution in [3.8, 4) is 11.5 Å². The number of halogens is 1. The van der Waals surface area contributed by atoms with E-state index in [1.54, 1.807) is 29.2 Å². The number of hydrogen-bond donors (Lipinski definition) is 0. The van der Waals surface area contributed by atoms with Gasteiger partial charge in [0.1, 0.15) is 13.2 Å².